The lowest BCUT2D eigenvalue weighted by atomic mass is 9.90. The standard InChI is InChI=1S/C13H16ClFO3S/c14-19(16,17)10-13(6-1-2-7-13)9-18-12-5-3-4-11(15)8-12/h3-5,8H,1-2,6-7,9-10H2. The molecule has 0 aromatic heterocycles. The van der Waals surface area contributed by atoms with Gasteiger partial charge in [-0.15, -0.1) is 0 Å². The highest BCUT2D eigenvalue weighted by atomic mass is 35.7. The quantitative estimate of drug-likeness (QED) is 0.784. The van der Waals surface area contributed by atoms with Gasteiger partial charge in [0.05, 0.1) is 12.4 Å². The van der Waals surface area contributed by atoms with Gasteiger partial charge in [0.1, 0.15) is 11.6 Å². The number of halogens is 2. The van der Waals surface area contributed by atoms with Crippen molar-refractivity contribution in [2.24, 2.45) is 5.41 Å². The third kappa shape index (κ3) is 4.35. The zero-order valence-electron chi connectivity index (χ0n) is 10.4. The monoisotopic (exact) mass is 306 g/mol. The Kier molecular flexibility index (Phi) is 4.36. The van der Waals surface area contributed by atoms with E-state index in [1.807, 2.05) is 0 Å². The van der Waals surface area contributed by atoms with Gasteiger partial charge >= 0.3 is 0 Å². The van der Waals surface area contributed by atoms with Crippen molar-refractivity contribution >= 4 is 19.7 Å². The van der Waals surface area contributed by atoms with Crippen molar-refractivity contribution in [1.29, 1.82) is 0 Å². The van der Waals surface area contributed by atoms with Gasteiger partial charge in [0.2, 0.25) is 9.05 Å². The van der Waals surface area contributed by atoms with Crippen molar-refractivity contribution in [3.63, 3.8) is 0 Å². The van der Waals surface area contributed by atoms with Crippen LogP contribution in [0.4, 0.5) is 4.39 Å². The van der Waals surface area contributed by atoms with Crippen LogP contribution in [0.2, 0.25) is 0 Å². The van der Waals surface area contributed by atoms with E-state index in [0.29, 0.717) is 5.75 Å². The van der Waals surface area contributed by atoms with E-state index in [4.69, 9.17) is 15.4 Å². The first-order valence-corrected chi connectivity index (χ1v) is 8.67. The van der Waals surface area contributed by atoms with Crippen LogP contribution in [0.3, 0.4) is 0 Å². The van der Waals surface area contributed by atoms with Crippen molar-refractivity contribution in [3.05, 3.63) is 30.1 Å². The third-order valence-electron chi connectivity index (χ3n) is 3.48. The van der Waals surface area contributed by atoms with Crippen LogP contribution in [0.5, 0.6) is 5.75 Å². The lowest BCUT2D eigenvalue weighted by molar-refractivity contribution is 0.170. The lowest BCUT2D eigenvalue weighted by Crippen LogP contribution is -2.32. The molecule has 0 amide bonds. The van der Waals surface area contributed by atoms with Crippen LogP contribution in [0.1, 0.15) is 25.7 Å². The summed E-state index contributed by atoms with van der Waals surface area (Å²) in [6.07, 6.45) is 3.49. The SMILES string of the molecule is O=S(=O)(Cl)CC1(COc2cccc(F)c2)CCCC1. The summed E-state index contributed by atoms with van der Waals surface area (Å²) in [5.41, 5.74) is -0.438. The molecule has 19 heavy (non-hydrogen) atoms. The Morgan fingerprint density at radius 2 is 2.00 bits per heavy atom. The van der Waals surface area contributed by atoms with Crippen LogP contribution in [0, 0.1) is 11.2 Å². The molecule has 1 fully saturated rings. The lowest BCUT2D eigenvalue weighted by Gasteiger charge is -2.27. The minimum absolute atomic E-state index is 0.0864. The third-order valence-corrected chi connectivity index (χ3v) is 4.77. The van der Waals surface area contributed by atoms with E-state index in [0.717, 1.165) is 25.7 Å². The van der Waals surface area contributed by atoms with Gasteiger partial charge in [0, 0.05) is 22.2 Å². The molecule has 1 aromatic carbocycles. The molecule has 0 atom stereocenters. The van der Waals surface area contributed by atoms with Crippen LogP contribution in [-0.4, -0.2) is 20.8 Å². The number of benzene rings is 1. The Bertz CT molecular complexity index is 539. The molecule has 1 saturated carbocycles. The minimum atomic E-state index is -3.56. The van der Waals surface area contributed by atoms with E-state index < -0.39 is 14.5 Å². The van der Waals surface area contributed by atoms with E-state index in [2.05, 4.69) is 0 Å². The molecule has 0 aliphatic heterocycles. The second-order valence-corrected chi connectivity index (χ2v) is 7.91. The molecular formula is C13H16ClFO3S. The number of hydrogen-bond donors (Lipinski definition) is 0. The highest BCUT2D eigenvalue weighted by Crippen LogP contribution is 2.40. The van der Waals surface area contributed by atoms with E-state index >= 15 is 0 Å². The van der Waals surface area contributed by atoms with Crippen LogP contribution in [-0.2, 0) is 9.05 Å². The summed E-state index contributed by atoms with van der Waals surface area (Å²) in [6, 6.07) is 5.84. The predicted molar refractivity (Wildman–Crippen MR) is 72.4 cm³/mol. The summed E-state index contributed by atoms with van der Waals surface area (Å²) >= 11 is 0. The van der Waals surface area contributed by atoms with Crippen molar-refractivity contribution in [2.45, 2.75) is 25.7 Å². The summed E-state index contributed by atoms with van der Waals surface area (Å²) in [5, 5.41) is 0. The first-order chi connectivity index (χ1) is 8.89. The highest BCUT2D eigenvalue weighted by Gasteiger charge is 2.38. The zero-order valence-corrected chi connectivity index (χ0v) is 12.0. The molecule has 0 unspecified atom stereocenters. The Balaban J connectivity index is 2.05. The molecule has 0 saturated heterocycles. The largest absolute Gasteiger partial charge is 0.493 e. The van der Waals surface area contributed by atoms with E-state index in [9.17, 15) is 12.8 Å². The smallest absolute Gasteiger partial charge is 0.233 e. The fourth-order valence-corrected chi connectivity index (χ4v) is 4.41. The molecule has 1 aliphatic carbocycles. The number of rotatable bonds is 5. The number of hydrogen-bond acceptors (Lipinski definition) is 3. The molecule has 0 N–H and O–H groups in total. The van der Waals surface area contributed by atoms with Gasteiger partial charge in [-0.25, -0.2) is 12.8 Å². The Hall–Kier alpha value is -0.810. The minimum Gasteiger partial charge on any atom is -0.493 e. The van der Waals surface area contributed by atoms with Gasteiger partial charge < -0.3 is 4.74 Å². The molecule has 0 radical (unpaired) electrons. The Labute approximate surface area is 117 Å². The molecule has 3 nitrogen and oxygen atoms in total. The summed E-state index contributed by atoms with van der Waals surface area (Å²) in [7, 11) is 1.81. The normalized spacial score (nSPS) is 18.4. The molecule has 1 aliphatic rings. The first kappa shape index (κ1) is 14.6. The van der Waals surface area contributed by atoms with E-state index in [1.54, 1.807) is 12.1 Å². The summed E-state index contributed by atoms with van der Waals surface area (Å²) < 4.78 is 41.2. The van der Waals surface area contributed by atoms with Crippen LogP contribution in [0.15, 0.2) is 24.3 Å². The van der Waals surface area contributed by atoms with Crippen molar-refractivity contribution in [1.82, 2.24) is 0 Å². The van der Waals surface area contributed by atoms with Gasteiger partial charge in [0.15, 0.2) is 0 Å². The topological polar surface area (TPSA) is 43.4 Å². The van der Waals surface area contributed by atoms with Gasteiger partial charge in [0.25, 0.3) is 0 Å². The molecule has 0 spiro atoms. The molecule has 0 bridgehead atoms. The second kappa shape index (κ2) is 5.67. The van der Waals surface area contributed by atoms with E-state index in [-0.39, 0.29) is 18.2 Å². The van der Waals surface area contributed by atoms with Crippen LogP contribution >= 0.6 is 10.7 Å². The average molecular weight is 307 g/mol. The predicted octanol–water partition coefficient (Wildman–Crippen LogP) is 3.33. The summed E-state index contributed by atoms with van der Waals surface area (Å²) in [5.74, 6) is -0.0437. The maximum atomic E-state index is 13.0. The van der Waals surface area contributed by atoms with Crippen molar-refractivity contribution in [2.75, 3.05) is 12.4 Å². The van der Waals surface area contributed by atoms with Crippen molar-refractivity contribution in [3.8, 4) is 5.75 Å². The molecule has 2 rings (SSSR count). The van der Waals surface area contributed by atoms with E-state index in [1.165, 1.54) is 12.1 Å². The maximum Gasteiger partial charge on any atom is 0.233 e. The Morgan fingerprint density at radius 1 is 1.32 bits per heavy atom. The fraction of sp³-hybridized carbons (Fsp3) is 0.538. The van der Waals surface area contributed by atoms with Gasteiger partial charge in [-0.3, -0.25) is 0 Å². The highest BCUT2D eigenvalue weighted by molar-refractivity contribution is 8.13. The summed E-state index contributed by atoms with van der Waals surface area (Å²) in [4.78, 5) is 0. The maximum absolute atomic E-state index is 13.0. The first-order valence-electron chi connectivity index (χ1n) is 6.19. The number of ether oxygens (including phenoxy) is 1. The van der Waals surface area contributed by atoms with Crippen LogP contribution in [0.25, 0.3) is 0 Å². The van der Waals surface area contributed by atoms with Gasteiger partial charge in [-0.1, -0.05) is 18.9 Å². The van der Waals surface area contributed by atoms with Gasteiger partial charge in [-0.05, 0) is 25.0 Å². The second-order valence-electron chi connectivity index (χ2n) is 5.14. The Morgan fingerprint density at radius 3 is 2.58 bits per heavy atom. The molecule has 0 heterocycles. The molecule has 6 heteroatoms. The molecular weight excluding hydrogens is 291 g/mol. The summed E-state index contributed by atoms with van der Waals surface area (Å²) in [6.45, 7) is 0.252. The zero-order chi connectivity index (χ0) is 13.9. The van der Waals surface area contributed by atoms with Crippen LogP contribution < -0.4 is 4.74 Å². The fourth-order valence-electron chi connectivity index (χ4n) is 2.61. The van der Waals surface area contributed by atoms with Gasteiger partial charge in [-0.2, -0.15) is 0 Å². The van der Waals surface area contributed by atoms with Crippen molar-refractivity contribution < 1.29 is 17.5 Å². The average Bonchev–Trinajstić information content (AvgIpc) is 2.73. The molecule has 106 valence electrons. The molecule has 1 aromatic rings.